The summed E-state index contributed by atoms with van der Waals surface area (Å²) in [5.41, 5.74) is 4.58. The van der Waals surface area contributed by atoms with Crippen molar-refractivity contribution in [2.45, 2.75) is 19.0 Å². The van der Waals surface area contributed by atoms with E-state index in [1.54, 1.807) is 17.6 Å². The Labute approximate surface area is 86.0 Å². The summed E-state index contributed by atoms with van der Waals surface area (Å²) in [6.45, 7) is 0.554. The van der Waals surface area contributed by atoms with Crippen LogP contribution in [0, 0.1) is 0 Å². The van der Waals surface area contributed by atoms with Gasteiger partial charge in [-0.15, -0.1) is 0 Å². The highest BCUT2D eigenvalue weighted by atomic mass is 16.3. The summed E-state index contributed by atoms with van der Waals surface area (Å²) in [5, 5.41) is 1.78. The van der Waals surface area contributed by atoms with Crippen LogP contribution in [-0.4, -0.2) is 17.9 Å². The number of hydrazine groups is 1. The van der Waals surface area contributed by atoms with E-state index >= 15 is 0 Å². The fraction of sp³-hybridized carbons (Fsp3) is 0.333. The van der Waals surface area contributed by atoms with Gasteiger partial charge in [0.25, 0.3) is 5.91 Å². The fourth-order valence-corrected chi connectivity index (χ4v) is 1.44. The van der Waals surface area contributed by atoms with Crippen molar-refractivity contribution in [3.05, 3.63) is 24.2 Å². The molecule has 6 heteroatoms. The van der Waals surface area contributed by atoms with Crippen molar-refractivity contribution in [1.29, 1.82) is 0 Å². The molecule has 0 bridgehead atoms. The van der Waals surface area contributed by atoms with Crippen LogP contribution in [0.2, 0.25) is 0 Å². The van der Waals surface area contributed by atoms with Crippen LogP contribution < -0.4 is 16.2 Å². The Morgan fingerprint density at radius 2 is 2.33 bits per heavy atom. The van der Waals surface area contributed by atoms with Gasteiger partial charge in [0.05, 0.1) is 12.7 Å². The zero-order valence-electron chi connectivity index (χ0n) is 8.03. The summed E-state index contributed by atoms with van der Waals surface area (Å²) in [4.78, 5) is 22.3. The third-order valence-electron chi connectivity index (χ3n) is 2.25. The lowest BCUT2D eigenvalue weighted by Crippen LogP contribution is -2.93. The maximum atomic E-state index is 11.3. The molecule has 2 heterocycles. The van der Waals surface area contributed by atoms with Crippen molar-refractivity contribution in [2.75, 3.05) is 0 Å². The van der Waals surface area contributed by atoms with Gasteiger partial charge in [0.15, 0.2) is 11.8 Å². The van der Waals surface area contributed by atoms with Crippen LogP contribution in [0.1, 0.15) is 12.2 Å². The Morgan fingerprint density at radius 1 is 1.47 bits per heavy atom. The van der Waals surface area contributed by atoms with Crippen molar-refractivity contribution >= 4 is 11.8 Å². The van der Waals surface area contributed by atoms with E-state index in [0.29, 0.717) is 6.54 Å². The first-order chi connectivity index (χ1) is 7.25. The van der Waals surface area contributed by atoms with Crippen LogP contribution in [0.25, 0.3) is 0 Å². The summed E-state index contributed by atoms with van der Waals surface area (Å²) in [6, 6.07) is 3.25. The average Bonchev–Trinajstić information content (AvgIpc) is 2.72. The van der Waals surface area contributed by atoms with Gasteiger partial charge in [-0.25, -0.2) is 0 Å². The lowest BCUT2D eigenvalue weighted by atomic mass is 10.1. The normalized spacial score (nSPS) is 20.9. The van der Waals surface area contributed by atoms with Gasteiger partial charge in [-0.05, 0) is 12.1 Å². The number of nitrogens with two attached hydrogens (primary N) is 1. The van der Waals surface area contributed by atoms with Gasteiger partial charge in [0.1, 0.15) is 6.54 Å². The third-order valence-corrected chi connectivity index (χ3v) is 2.25. The molecule has 2 rings (SSSR count). The number of hydrogen-bond acceptors (Lipinski definition) is 3. The molecule has 15 heavy (non-hydrogen) atoms. The minimum Gasteiger partial charge on any atom is -0.463 e. The minimum atomic E-state index is -0.371. The van der Waals surface area contributed by atoms with Gasteiger partial charge in [-0.2, -0.15) is 0 Å². The van der Waals surface area contributed by atoms with Crippen LogP contribution in [-0.2, 0) is 16.1 Å². The zero-order chi connectivity index (χ0) is 10.7. The first-order valence-corrected chi connectivity index (χ1v) is 4.70. The predicted octanol–water partition coefficient (Wildman–Crippen LogP) is -1.74. The number of amides is 2. The molecule has 1 saturated heterocycles. The molecule has 1 fully saturated rings. The lowest BCUT2D eigenvalue weighted by Gasteiger charge is -2.19. The van der Waals surface area contributed by atoms with Crippen LogP contribution in [0.5, 0.6) is 0 Å². The number of quaternary nitrogens is 1. The van der Waals surface area contributed by atoms with Crippen LogP contribution in [0.4, 0.5) is 0 Å². The Kier molecular flexibility index (Phi) is 2.68. The molecule has 2 amide bonds. The molecule has 0 unspecified atom stereocenters. The summed E-state index contributed by atoms with van der Waals surface area (Å²) in [7, 11) is 0. The fourth-order valence-electron chi connectivity index (χ4n) is 1.44. The summed E-state index contributed by atoms with van der Waals surface area (Å²) >= 11 is 0. The van der Waals surface area contributed by atoms with Gasteiger partial charge < -0.3 is 9.73 Å². The largest absolute Gasteiger partial charge is 0.463 e. The molecule has 1 aromatic rings. The molecule has 1 atom stereocenters. The van der Waals surface area contributed by atoms with Crippen molar-refractivity contribution in [2.24, 2.45) is 0 Å². The van der Waals surface area contributed by atoms with Crippen molar-refractivity contribution in [3.8, 4) is 0 Å². The number of rotatable bonds is 3. The van der Waals surface area contributed by atoms with Crippen LogP contribution in [0.15, 0.2) is 22.8 Å². The van der Waals surface area contributed by atoms with Gasteiger partial charge >= 0.3 is 0 Å². The number of carbonyl (C=O) groups excluding carboxylic acids is 2. The summed E-state index contributed by atoms with van der Waals surface area (Å²) in [5.74, 6) is 0.435. The molecular weight excluding hydrogens is 198 g/mol. The van der Waals surface area contributed by atoms with E-state index in [9.17, 15) is 9.59 Å². The monoisotopic (exact) mass is 210 g/mol. The zero-order valence-corrected chi connectivity index (χ0v) is 8.03. The van der Waals surface area contributed by atoms with Crippen molar-refractivity contribution in [3.63, 3.8) is 0 Å². The molecule has 0 aliphatic carbocycles. The van der Waals surface area contributed by atoms with E-state index in [1.807, 2.05) is 6.07 Å². The van der Waals surface area contributed by atoms with Crippen LogP contribution in [0.3, 0.4) is 0 Å². The average molecular weight is 210 g/mol. The van der Waals surface area contributed by atoms with Gasteiger partial charge in [-0.3, -0.25) is 20.4 Å². The third kappa shape index (κ3) is 2.35. The predicted molar refractivity (Wildman–Crippen MR) is 49.0 cm³/mol. The number of nitrogens with one attached hydrogen (secondary N) is 2. The Bertz CT molecular complexity index is 361. The van der Waals surface area contributed by atoms with E-state index in [2.05, 4.69) is 10.9 Å². The smallest absolute Gasteiger partial charge is 0.297 e. The molecule has 0 spiro atoms. The lowest BCUT2D eigenvalue weighted by molar-refractivity contribution is -0.693. The highest BCUT2D eigenvalue weighted by molar-refractivity contribution is 5.92. The highest BCUT2D eigenvalue weighted by Crippen LogP contribution is 1.97. The quantitative estimate of drug-likeness (QED) is 0.553. The van der Waals surface area contributed by atoms with E-state index < -0.39 is 0 Å². The molecule has 6 nitrogen and oxygen atoms in total. The number of furan rings is 1. The topological polar surface area (TPSA) is 88.0 Å². The number of carbonyl (C=O) groups is 2. The highest BCUT2D eigenvalue weighted by Gasteiger charge is 2.29. The molecule has 1 aliphatic rings. The molecule has 0 radical (unpaired) electrons. The minimum absolute atomic E-state index is 0.171. The Morgan fingerprint density at radius 3 is 3.07 bits per heavy atom. The van der Waals surface area contributed by atoms with Gasteiger partial charge in [0, 0.05) is 0 Å². The van der Waals surface area contributed by atoms with Gasteiger partial charge in [0.2, 0.25) is 5.91 Å². The SMILES string of the molecule is O=C1C[C@@H]([NH2+]Cc2ccco2)C(=O)NN1. The number of hydrogen-bond donors (Lipinski definition) is 3. The molecule has 4 N–H and O–H groups in total. The molecule has 1 aromatic heterocycles. The maximum Gasteiger partial charge on any atom is 0.297 e. The summed E-state index contributed by atoms with van der Waals surface area (Å²) < 4.78 is 5.12. The summed E-state index contributed by atoms with van der Waals surface area (Å²) in [6.07, 6.45) is 1.78. The first kappa shape index (κ1) is 9.72. The van der Waals surface area contributed by atoms with E-state index in [4.69, 9.17) is 4.42 Å². The van der Waals surface area contributed by atoms with Crippen LogP contribution >= 0.6 is 0 Å². The van der Waals surface area contributed by atoms with Crippen molar-refractivity contribution < 1.29 is 19.3 Å². The van der Waals surface area contributed by atoms with E-state index in [-0.39, 0.29) is 24.3 Å². The van der Waals surface area contributed by atoms with E-state index in [0.717, 1.165) is 5.76 Å². The Balaban J connectivity index is 1.88. The first-order valence-electron chi connectivity index (χ1n) is 4.70. The molecule has 0 saturated carbocycles. The van der Waals surface area contributed by atoms with E-state index in [1.165, 1.54) is 0 Å². The second-order valence-electron chi connectivity index (χ2n) is 3.37. The standard InChI is InChI=1S/C9H11N3O3/c13-8-4-7(9(14)12-11-8)10-5-6-2-1-3-15-6/h1-3,7,10H,4-5H2,(H,11,13)(H,12,14)/p+1/t7-/m1/s1. The maximum absolute atomic E-state index is 11.3. The van der Waals surface area contributed by atoms with Gasteiger partial charge in [-0.1, -0.05) is 0 Å². The Hall–Kier alpha value is -1.82. The van der Waals surface area contributed by atoms with Crippen molar-refractivity contribution in [1.82, 2.24) is 10.9 Å². The second kappa shape index (κ2) is 4.14. The second-order valence-corrected chi connectivity index (χ2v) is 3.37. The molecule has 1 aliphatic heterocycles. The molecule has 0 aromatic carbocycles. The molecule has 80 valence electrons. The molecular formula is C9H12N3O3+.